The first-order valence-corrected chi connectivity index (χ1v) is 14.3. The van der Waals surface area contributed by atoms with Gasteiger partial charge in [0.05, 0.1) is 53.4 Å². The number of aliphatic hydroxyl groups is 2. The van der Waals surface area contributed by atoms with Crippen LogP contribution in [0.15, 0.2) is 40.9 Å². The summed E-state index contributed by atoms with van der Waals surface area (Å²) in [6.07, 6.45) is -2.31. The second kappa shape index (κ2) is 13.7. The van der Waals surface area contributed by atoms with Crippen molar-refractivity contribution in [3.8, 4) is 0 Å². The SMILES string of the molecule is CC.CC1(C)OB(c2ccc(N3C[C@H](CO)OC3=O)cc2F)OC1(C)C.O=C1O[C@@H](CO)CN1c1ccc(Br)c(F)c1. The van der Waals surface area contributed by atoms with Gasteiger partial charge < -0.3 is 29.0 Å². The number of rotatable bonds is 5. The Balaban J connectivity index is 0.000000234. The summed E-state index contributed by atoms with van der Waals surface area (Å²) in [5.41, 5.74) is -0.0507. The maximum Gasteiger partial charge on any atom is 0.497 e. The van der Waals surface area contributed by atoms with E-state index in [2.05, 4.69) is 15.9 Å². The van der Waals surface area contributed by atoms with Gasteiger partial charge in [0, 0.05) is 5.46 Å². The molecule has 3 saturated heterocycles. The molecule has 230 valence electrons. The Morgan fingerprint density at radius 2 is 1.26 bits per heavy atom. The molecule has 0 saturated carbocycles. The summed E-state index contributed by atoms with van der Waals surface area (Å²) in [7, 11) is -0.806. The van der Waals surface area contributed by atoms with E-state index in [9.17, 15) is 18.4 Å². The van der Waals surface area contributed by atoms with Gasteiger partial charge in [0.2, 0.25) is 0 Å². The van der Waals surface area contributed by atoms with Gasteiger partial charge in [-0.25, -0.2) is 18.4 Å². The fourth-order valence-corrected chi connectivity index (χ4v) is 4.40. The van der Waals surface area contributed by atoms with E-state index in [4.69, 9.17) is 29.0 Å². The van der Waals surface area contributed by atoms with Gasteiger partial charge in [-0.2, -0.15) is 0 Å². The van der Waals surface area contributed by atoms with Gasteiger partial charge in [0.1, 0.15) is 23.8 Å². The van der Waals surface area contributed by atoms with Crippen molar-refractivity contribution < 1.29 is 47.4 Å². The molecule has 2 aromatic rings. The van der Waals surface area contributed by atoms with Crippen LogP contribution in [-0.2, 0) is 18.8 Å². The molecule has 10 nitrogen and oxygen atoms in total. The lowest BCUT2D eigenvalue weighted by Crippen LogP contribution is -2.41. The fraction of sp³-hybridized carbons (Fsp3) is 0.500. The third-order valence-corrected chi connectivity index (χ3v) is 7.82. The normalized spacial score (nSPS) is 22.2. The maximum atomic E-state index is 14.6. The molecule has 0 radical (unpaired) electrons. The Morgan fingerprint density at radius 1 is 0.833 bits per heavy atom. The average molecular weight is 657 g/mol. The summed E-state index contributed by atoms with van der Waals surface area (Å²) in [4.78, 5) is 25.8. The molecule has 2 amide bonds. The topological polar surface area (TPSA) is 118 Å². The largest absolute Gasteiger partial charge is 0.497 e. The highest BCUT2D eigenvalue weighted by Crippen LogP contribution is 2.37. The van der Waals surface area contributed by atoms with Gasteiger partial charge in [-0.3, -0.25) is 9.80 Å². The molecule has 0 unspecified atom stereocenters. The van der Waals surface area contributed by atoms with E-state index < -0.39 is 54.3 Å². The highest BCUT2D eigenvalue weighted by Gasteiger charge is 2.52. The van der Waals surface area contributed by atoms with Crippen molar-refractivity contribution in [2.45, 2.75) is 65.0 Å². The molecule has 2 atom stereocenters. The van der Waals surface area contributed by atoms with Gasteiger partial charge in [-0.15, -0.1) is 0 Å². The summed E-state index contributed by atoms with van der Waals surface area (Å²) in [5.74, 6) is -0.969. The predicted molar refractivity (Wildman–Crippen MR) is 157 cm³/mol. The van der Waals surface area contributed by atoms with Crippen LogP contribution in [-0.4, -0.2) is 79.2 Å². The van der Waals surface area contributed by atoms with E-state index in [1.807, 2.05) is 41.5 Å². The van der Waals surface area contributed by atoms with Crippen molar-refractivity contribution in [3.63, 3.8) is 0 Å². The number of ether oxygens (including phenoxy) is 2. The minimum absolute atomic E-state index is 0.185. The zero-order valence-electron chi connectivity index (χ0n) is 24.4. The second-order valence-electron chi connectivity index (χ2n) is 10.5. The number of carbonyl (C=O) groups excluding carboxylic acids is 2. The number of hydrogen-bond acceptors (Lipinski definition) is 8. The van der Waals surface area contributed by atoms with Crippen LogP contribution >= 0.6 is 15.9 Å². The number of aliphatic hydroxyl groups excluding tert-OH is 2. The molecule has 5 rings (SSSR count). The number of hydrogen-bond donors (Lipinski definition) is 2. The first-order chi connectivity index (χ1) is 19.8. The van der Waals surface area contributed by atoms with Gasteiger partial charge in [-0.1, -0.05) is 19.9 Å². The molecule has 42 heavy (non-hydrogen) atoms. The molecule has 3 aliphatic rings. The first kappa shape index (κ1) is 33.7. The van der Waals surface area contributed by atoms with Crippen molar-refractivity contribution in [2.24, 2.45) is 0 Å². The van der Waals surface area contributed by atoms with E-state index in [1.54, 1.807) is 18.2 Å². The Kier molecular flexibility index (Phi) is 11.0. The van der Waals surface area contributed by atoms with Crippen molar-refractivity contribution in [2.75, 3.05) is 36.1 Å². The number of benzene rings is 2. The summed E-state index contributed by atoms with van der Waals surface area (Å²) in [6, 6.07) is 8.78. The van der Waals surface area contributed by atoms with E-state index in [0.717, 1.165) is 0 Å². The first-order valence-electron chi connectivity index (χ1n) is 13.5. The zero-order chi connectivity index (χ0) is 31.4. The molecule has 2 N–H and O–H groups in total. The number of amides is 2. The molecule has 3 aliphatic heterocycles. The Labute approximate surface area is 252 Å². The van der Waals surface area contributed by atoms with Crippen molar-refractivity contribution in [1.82, 2.24) is 0 Å². The Bertz CT molecular complexity index is 1270. The molecule has 0 bridgehead atoms. The zero-order valence-corrected chi connectivity index (χ0v) is 26.0. The number of carbonyl (C=O) groups is 2. The average Bonchev–Trinajstić information content (AvgIpc) is 3.58. The van der Waals surface area contributed by atoms with E-state index >= 15 is 0 Å². The van der Waals surface area contributed by atoms with Crippen LogP contribution < -0.4 is 15.3 Å². The molecule has 2 aromatic carbocycles. The molecule has 0 spiro atoms. The molecule has 3 fully saturated rings. The van der Waals surface area contributed by atoms with E-state index in [1.165, 1.54) is 28.0 Å². The Hall–Kier alpha value is -2.78. The molecule has 0 aromatic heterocycles. The maximum absolute atomic E-state index is 14.6. The van der Waals surface area contributed by atoms with Crippen LogP contribution in [0.1, 0.15) is 41.5 Å². The van der Waals surface area contributed by atoms with Crippen LogP contribution in [0.2, 0.25) is 0 Å². The highest BCUT2D eigenvalue weighted by atomic mass is 79.9. The lowest BCUT2D eigenvalue weighted by Gasteiger charge is -2.32. The monoisotopic (exact) mass is 656 g/mol. The number of nitrogens with zero attached hydrogens (tertiary/aromatic N) is 2. The summed E-state index contributed by atoms with van der Waals surface area (Å²) >= 11 is 3.03. The number of halogens is 3. The van der Waals surface area contributed by atoms with E-state index in [-0.39, 0.29) is 31.8 Å². The summed E-state index contributed by atoms with van der Waals surface area (Å²) < 4.78 is 49.7. The third-order valence-electron chi connectivity index (χ3n) is 7.17. The fourth-order valence-electron chi connectivity index (χ4n) is 4.15. The quantitative estimate of drug-likeness (QED) is 0.456. The van der Waals surface area contributed by atoms with Gasteiger partial charge >= 0.3 is 19.3 Å². The van der Waals surface area contributed by atoms with Crippen LogP contribution in [0.3, 0.4) is 0 Å². The Morgan fingerprint density at radius 3 is 1.64 bits per heavy atom. The van der Waals surface area contributed by atoms with Gasteiger partial charge in [0.15, 0.2) is 0 Å². The minimum Gasteiger partial charge on any atom is -0.441 e. The van der Waals surface area contributed by atoms with Gasteiger partial charge in [-0.05, 0) is 74.0 Å². The van der Waals surface area contributed by atoms with Crippen LogP contribution in [0.5, 0.6) is 0 Å². The smallest absolute Gasteiger partial charge is 0.441 e. The highest BCUT2D eigenvalue weighted by molar-refractivity contribution is 9.10. The predicted octanol–water partition coefficient (Wildman–Crippen LogP) is 4.37. The standard InChI is InChI=1S/C16H21BFNO5.C10H9BrFNO3.C2H6/c1-15(2)16(3,4)24-17(23-15)12-6-5-10(7-13(12)18)19-8-11(9-20)22-14(19)21;11-8-2-1-6(3-9(8)12)13-4-7(5-14)16-10(13)15;1-2/h5-7,11,20H,8-9H2,1-4H3;1-3,7,14H,4-5H2;1-2H3/t11-;7-;/m11./s1. The molecular weight excluding hydrogens is 621 g/mol. The van der Waals surface area contributed by atoms with Crippen LogP contribution in [0.25, 0.3) is 0 Å². The second-order valence-corrected chi connectivity index (χ2v) is 11.3. The van der Waals surface area contributed by atoms with E-state index in [0.29, 0.717) is 15.8 Å². The molecule has 14 heteroatoms. The molecule has 0 aliphatic carbocycles. The van der Waals surface area contributed by atoms with Crippen LogP contribution in [0.4, 0.5) is 29.7 Å². The van der Waals surface area contributed by atoms with Crippen molar-refractivity contribution >= 4 is 52.1 Å². The lowest BCUT2D eigenvalue weighted by atomic mass is 9.78. The summed E-state index contributed by atoms with van der Waals surface area (Å²) in [5, 5.41) is 17.9. The molecule has 3 heterocycles. The number of anilines is 2. The van der Waals surface area contributed by atoms with Crippen molar-refractivity contribution in [1.29, 1.82) is 0 Å². The van der Waals surface area contributed by atoms with Crippen molar-refractivity contribution in [3.05, 3.63) is 52.5 Å². The molecular formula is C28H36BBrF2N2O8. The summed E-state index contributed by atoms with van der Waals surface area (Å²) in [6.45, 7) is 11.5. The number of cyclic esters (lactones) is 2. The van der Waals surface area contributed by atoms with Crippen LogP contribution in [0, 0.1) is 11.6 Å². The van der Waals surface area contributed by atoms with Gasteiger partial charge in [0.25, 0.3) is 0 Å². The minimum atomic E-state index is -0.806. The lowest BCUT2D eigenvalue weighted by molar-refractivity contribution is 0.00578. The third kappa shape index (κ3) is 7.23.